The van der Waals surface area contributed by atoms with Crippen molar-refractivity contribution in [1.29, 1.82) is 0 Å². The zero-order valence-corrected chi connectivity index (χ0v) is 12.9. The van der Waals surface area contributed by atoms with Crippen LogP contribution in [-0.4, -0.2) is 23.6 Å². The topological polar surface area (TPSA) is 81.4 Å². The zero-order chi connectivity index (χ0) is 15.6. The van der Waals surface area contributed by atoms with Crippen molar-refractivity contribution in [3.8, 4) is 0 Å². The van der Waals surface area contributed by atoms with E-state index in [0.717, 1.165) is 0 Å². The van der Waals surface area contributed by atoms with Gasteiger partial charge in [0, 0.05) is 18.4 Å². The molecule has 0 fully saturated rings. The molecule has 1 aromatic rings. The van der Waals surface area contributed by atoms with Crippen molar-refractivity contribution in [2.24, 2.45) is 5.41 Å². The number of amides is 1. The number of hydrogen-bond donors (Lipinski definition) is 1. The Labute approximate surface area is 118 Å². The molecule has 0 bridgehead atoms. The minimum absolute atomic E-state index is 0.190. The van der Waals surface area contributed by atoms with Crippen LogP contribution in [0, 0.1) is 5.41 Å². The summed E-state index contributed by atoms with van der Waals surface area (Å²) in [6, 6.07) is 1.63. The second kappa shape index (κ2) is 5.64. The number of carbonyl (C=O) groups is 2. The quantitative estimate of drug-likeness (QED) is 0.858. The van der Waals surface area contributed by atoms with Crippen LogP contribution in [0.3, 0.4) is 0 Å². The number of carbonyl (C=O) groups excluding carboxylic acids is 2. The van der Waals surface area contributed by atoms with E-state index in [4.69, 9.17) is 9.26 Å². The summed E-state index contributed by atoms with van der Waals surface area (Å²) in [7, 11) is 0. The van der Waals surface area contributed by atoms with Gasteiger partial charge in [0.2, 0.25) is 11.8 Å². The number of anilines is 1. The van der Waals surface area contributed by atoms with E-state index in [2.05, 4.69) is 10.5 Å². The van der Waals surface area contributed by atoms with E-state index < -0.39 is 10.8 Å². The van der Waals surface area contributed by atoms with E-state index >= 15 is 0 Å². The molecule has 112 valence electrons. The predicted molar refractivity (Wildman–Crippen MR) is 74.2 cm³/mol. The van der Waals surface area contributed by atoms with Gasteiger partial charge in [-0.05, 0) is 20.8 Å². The molecular formula is C14H22N2O4. The van der Waals surface area contributed by atoms with Crippen molar-refractivity contribution in [2.75, 3.05) is 11.9 Å². The third-order valence-corrected chi connectivity index (χ3v) is 2.68. The van der Waals surface area contributed by atoms with Crippen LogP contribution in [0.5, 0.6) is 0 Å². The van der Waals surface area contributed by atoms with E-state index in [-0.39, 0.29) is 24.4 Å². The Bertz CT molecular complexity index is 498. The van der Waals surface area contributed by atoms with Crippen molar-refractivity contribution < 1.29 is 18.8 Å². The lowest BCUT2D eigenvalue weighted by atomic mass is 9.90. The number of rotatable bonds is 4. The predicted octanol–water partition coefficient (Wildman–Crippen LogP) is 2.50. The molecule has 0 radical (unpaired) electrons. The zero-order valence-electron chi connectivity index (χ0n) is 12.9. The van der Waals surface area contributed by atoms with Crippen LogP contribution in [0.1, 0.15) is 47.2 Å². The third kappa shape index (κ3) is 4.36. The van der Waals surface area contributed by atoms with E-state index in [1.165, 1.54) is 6.92 Å². The van der Waals surface area contributed by atoms with E-state index in [1.54, 1.807) is 26.8 Å². The normalized spacial score (nSPS) is 12.1. The Balaban J connectivity index is 2.71. The van der Waals surface area contributed by atoms with Gasteiger partial charge < -0.3 is 9.26 Å². The highest BCUT2D eigenvalue weighted by molar-refractivity contribution is 5.87. The van der Waals surface area contributed by atoms with E-state index in [1.807, 2.05) is 13.8 Å². The molecule has 20 heavy (non-hydrogen) atoms. The summed E-state index contributed by atoms with van der Waals surface area (Å²) in [5.74, 6) is -0.219. The minimum atomic E-state index is -0.540. The summed E-state index contributed by atoms with van der Waals surface area (Å²) in [6.07, 6.45) is 0. The van der Waals surface area contributed by atoms with Crippen molar-refractivity contribution in [2.45, 2.75) is 47.0 Å². The fourth-order valence-electron chi connectivity index (χ4n) is 1.36. The van der Waals surface area contributed by atoms with Gasteiger partial charge in [0.1, 0.15) is 6.61 Å². The standard InChI is InChI=1S/C14H22N2O4/c1-9(17)15-11-7-10(16-20-11)14(5,6)8-19-12(18)13(2,3)4/h7H,8H2,1-6H3,(H,15,17). The SMILES string of the molecule is CC(=O)Nc1cc(C(C)(C)COC(=O)C(C)(C)C)no1. The van der Waals surface area contributed by atoms with Crippen molar-refractivity contribution in [3.63, 3.8) is 0 Å². The summed E-state index contributed by atoms with van der Waals surface area (Å²) in [4.78, 5) is 22.7. The van der Waals surface area contributed by atoms with Crippen LogP contribution >= 0.6 is 0 Å². The number of esters is 1. The molecule has 1 heterocycles. The molecule has 0 saturated heterocycles. The summed E-state index contributed by atoms with van der Waals surface area (Å²) < 4.78 is 10.3. The van der Waals surface area contributed by atoms with E-state index in [9.17, 15) is 9.59 Å². The first kappa shape index (κ1) is 16.2. The lowest BCUT2D eigenvalue weighted by molar-refractivity contribution is -0.154. The molecule has 1 N–H and O–H groups in total. The van der Waals surface area contributed by atoms with Gasteiger partial charge in [0.05, 0.1) is 11.1 Å². The van der Waals surface area contributed by atoms with Gasteiger partial charge in [-0.2, -0.15) is 0 Å². The number of aromatic nitrogens is 1. The molecule has 0 aromatic carbocycles. The number of ether oxygens (including phenoxy) is 1. The fraction of sp³-hybridized carbons (Fsp3) is 0.643. The highest BCUT2D eigenvalue weighted by atomic mass is 16.5. The molecule has 6 heteroatoms. The first-order valence-corrected chi connectivity index (χ1v) is 6.44. The summed E-state index contributed by atoms with van der Waals surface area (Å²) in [5.41, 5.74) is -0.425. The first-order valence-electron chi connectivity index (χ1n) is 6.44. The first-order chi connectivity index (χ1) is 9.02. The molecule has 0 unspecified atom stereocenters. The maximum Gasteiger partial charge on any atom is 0.311 e. The molecule has 1 amide bonds. The summed E-state index contributed by atoms with van der Waals surface area (Å²) in [5, 5.41) is 6.41. The van der Waals surface area contributed by atoms with Crippen molar-refractivity contribution in [3.05, 3.63) is 11.8 Å². The molecule has 1 rings (SSSR count). The van der Waals surface area contributed by atoms with Gasteiger partial charge in [0.15, 0.2) is 0 Å². The van der Waals surface area contributed by atoms with Crippen LogP contribution in [0.15, 0.2) is 10.6 Å². The Kier molecular flexibility index (Phi) is 4.57. The highest BCUT2D eigenvalue weighted by Gasteiger charge is 2.30. The van der Waals surface area contributed by atoms with E-state index in [0.29, 0.717) is 5.69 Å². The monoisotopic (exact) mass is 282 g/mol. The molecule has 0 atom stereocenters. The Morgan fingerprint density at radius 1 is 1.30 bits per heavy atom. The van der Waals surface area contributed by atoms with Crippen LogP contribution in [0.2, 0.25) is 0 Å². The second-order valence-corrected chi connectivity index (χ2v) is 6.47. The fourth-order valence-corrected chi connectivity index (χ4v) is 1.36. The van der Waals surface area contributed by atoms with Gasteiger partial charge in [-0.15, -0.1) is 0 Å². The maximum absolute atomic E-state index is 11.8. The Hall–Kier alpha value is -1.85. The van der Waals surface area contributed by atoms with Gasteiger partial charge in [-0.1, -0.05) is 19.0 Å². The molecule has 1 aromatic heterocycles. The number of nitrogens with one attached hydrogen (secondary N) is 1. The van der Waals surface area contributed by atoms with Gasteiger partial charge in [-0.3, -0.25) is 14.9 Å². The van der Waals surface area contributed by atoms with Crippen LogP contribution in [0.25, 0.3) is 0 Å². The Morgan fingerprint density at radius 3 is 2.40 bits per heavy atom. The van der Waals surface area contributed by atoms with Gasteiger partial charge >= 0.3 is 5.97 Å². The lowest BCUT2D eigenvalue weighted by Gasteiger charge is -2.24. The average Bonchev–Trinajstić information content (AvgIpc) is 2.72. The van der Waals surface area contributed by atoms with Gasteiger partial charge in [-0.25, -0.2) is 0 Å². The van der Waals surface area contributed by atoms with Crippen LogP contribution < -0.4 is 5.32 Å². The average molecular weight is 282 g/mol. The highest BCUT2D eigenvalue weighted by Crippen LogP contribution is 2.26. The second-order valence-electron chi connectivity index (χ2n) is 6.47. The molecule has 0 aliphatic carbocycles. The Morgan fingerprint density at radius 2 is 1.90 bits per heavy atom. The molecular weight excluding hydrogens is 260 g/mol. The smallest absolute Gasteiger partial charge is 0.311 e. The van der Waals surface area contributed by atoms with Crippen LogP contribution in [0.4, 0.5) is 5.88 Å². The third-order valence-electron chi connectivity index (χ3n) is 2.68. The molecule has 0 aliphatic heterocycles. The lowest BCUT2D eigenvalue weighted by Crippen LogP contribution is -2.31. The van der Waals surface area contributed by atoms with Crippen molar-refractivity contribution >= 4 is 17.8 Å². The van der Waals surface area contributed by atoms with Crippen LogP contribution in [-0.2, 0) is 19.7 Å². The molecule has 0 spiro atoms. The maximum atomic E-state index is 11.8. The minimum Gasteiger partial charge on any atom is -0.464 e. The number of hydrogen-bond acceptors (Lipinski definition) is 5. The van der Waals surface area contributed by atoms with Crippen molar-refractivity contribution in [1.82, 2.24) is 5.16 Å². The summed E-state index contributed by atoms with van der Waals surface area (Å²) >= 11 is 0. The summed E-state index contributed by atoms with van der Waals surface area (Å²) in [6.45, 7) is 10.7. The molecule has 0 aliphatic rings. The molecule has 0 saturated carbocycles. The number of nitrogens with zero attached hydrogens (tertiary/aromatic N) is 1. The largest absolute Gasteiger partial charge is 0.464 e. The van der Waals surface area contributed by atoms with Gasteiger partial charge in [0.25, 0.3) is 0 Å². The molecule has 6 nitrogen and oxygen atoms in total.